The van der Waals surface area contributed by atoms with Gasteiger partial charge in [-0.05, 0) is 41.3 Å². The third kappa shape index (κ3) is 5.48. The van der Waals surface area contributed by atoms with Crippen LogP contribution in [0.15, 0.2) is 76.3 Å². The van der Waals surface area contributed by atoms with Gasteiger partial charge in [-0.3, -0.25) is 14.4 Å². The number of nitrogens with zero attached hydrogens (tertiary/aromatic N) is 1. The Morgan fingerprint density at radius 2 is 1.82 bits per heavy atom. The lowest BCUT2D eigenvalue weighted by molar-refractivity contribution is -0.132. The van der Waals surface area contributed by atoms with Gasteiger partial charge >= 0.3 is 11.8 Å². The van der Waals surface area contributed by atoms with E-state index in [4.69, 9.17) is 9.15 Å². The molecule has 172 valence electrons. The number of methoxy groups -OCH3 is 1. The lowest BCUT2D eigenvalue weighted by Gasteiger charge is -2.11. The fourth-order valence-electron chi connectivity index (χ4n) is 3.13. The molecule has 0 radical (unpaired) electrons. The van der Waals surface area contributed by atoms with Gasteiger partial charge in [-0.15, -0.1) is 0 Å². The van der Waals surface area contributed by atoms with Crippen molar-refractivity contribution in [1.29, 1.82) is 0 Å². The molecule has 0 saturated carbocycles. The topological polar surface area (TPSA) is 123 Å². The summed E-state index contributed by atoms with van der Waals surface area (Å²) in [5.74, 6) is -0.894. The predicted octanol–water partition coefficient (Wildman–Crippen LogP) is 3.92. The molecule has 4 rings (SSSR count). The van der Waals surface area contributed by atoms with Crippen LogP contribution in [0, 0.1) is 0 Å². The van der Waals surface area contributed by atoms with Crippen molar-refractivity contribution in [2.24, 2.45) is 0 Å². The van der Waals surface area contributed by atoms with Crippen LogP contribution in [0.1, 0.15) is 15.9 Å². The van der Waals surface area contributed by atoms with E-state index in [9.17, 15) is 14.4 Å². The molecule has 0 aliphatic carbocycles. The first-order chi connectivity index (χ1) is 16.5. The largest absolute Gasteiger partial charge is 0.496 e. The summed E-state index contributed by atoms with van der Waals surface area (Å²) < 4.78 is 10.6. The molecule has 2 aromatic heterocycles. The SMILES string of the molecule is COc1cc(NC(=O)C(=O)Nc2cccc(CNC(=O)c3ccsc3)c2)ccc1-c1cnco1. The van der Waals surface area contributed by atoms with Crippen molar-refractivity contribution in [3.8, 4) is 17.1 Å². The highest BCUT2D eigenvalue weighted by Crippen LogP contribution is 2.32. The number of hydrogen-bond donors (Lipinski definition) is 3. The van der Waals surface area contributed by atoms with Crippen LogP contribution in [0.5, 0.6) is 5.75 Å². The molecule has 2 aromatic carbocycles. The highest BCUT2D eigenvalue weighted by atomic mass is 32.1. The summed E-state index contributed by atoms with van der Waals surface area (Å²) in [6.07, 6.45) is 2.85. The summed E-state index contributed by atoms with van der Waals surface area (Å²) in [5, 5.41) is 11.5. The molecule has 0 bridgehead atoms. The van der Waals surface area contributed by atoms with Crippen LogP contribution < -0.4 is 20.7 Å². The molecule has 0 saturated heterocycles. The van der Waals surface area contributed by atoms with Crippen molar-refractivity contribution in [1.82, 2.24) is 10.3 Å². The number of aromatic nitrogens is 1. The van der Waals surface area contributed by atoms with E-state index < -0.39 is 11.8 Å². The Bertz CT molecular complexity index is 1300. The number of amides is 3. The number of oxazole rings is 1. The van der Waals surface area contributed by atoms with Crippen LogP contribution in [0.25, 0.3) is 11.3 Å². The van der Waals surface area contributed by atoms with Gasteiger partial charge in [-0.2, -0.15) is 11.3 Å². The second-order valence-corrected chi connectivity index (χ2v) is 7.86. The Labute approximate surface area is 198 Å². The van der Waals surface area contributed by atoms with Gasteiger partial charge in [0.1, 0.15) is 5.75 Å². The maximum atomic E-state index is 12.4. The number of carbonyl (C=O) groups is 3. The van der Waals surface area contributed by atoms with E-state index in [1.54, 1.807) is 54.0 Å². The molecule has 0 unspecified atom stereocenters. The minimum Gasteiger partial charge on any atom is -0.496 e. The number of nitrogens with one attached hydrogen (secondary N) is 3. The quantitative estimate of drug-likeness (QED) is 0.348. The maximum Gasteiger partial charge on any atom is 0.314 e. The summed E-state index contributed by atoms with van der Waals surface area (Å²) in [6, 6.07) is 13.5. The third-order valence-electron chi connectivity index (χ3n) is 4.78. The van der Waals surface area contributed by atoms with Gasteiger partial charge < -0.3 is 25.1 Å². The number of thiophene rings is 1. The van der Waals surface area contributed by atoms with Gasteiger partial charge in [0.2, 0.25) is 0 Å². The molecule has 9 nitrogen and oxygen atoms in total. The highest BCUT2D eigenvalue weighted by Gasteiger charge is 2.16. The van der Waals surface area contributed by atoms with Gasteiger partial charge in [-0.25, -0.2) is 4.98 Å². The zero-order chi connectivity index (χ0) is 23.9. The average Bonchev–Trinajstić information content (AvgIpc) is 3.57. The second kappa shape index (κ2) is 10.5. The van der Waals surface area contributed by atoms with E-state index in [2.05, 4.69) is 20.9 Å². The van der Waals surface area contributed by atoms with Gasteiger partial charge in [0.25, 0.3) is 5.91 Å². The van der Waals surface area contributed by atoms with Crippen LogP contribution in [-0.4, -0.2) is 29.8 Å². The summed E-state index contributed by atoms with van der Waals surface area (Å²) in [6.45, 7) is 0.280. The summed E-state index contributed by atoms with van der Waals surface area (Å²) in [5.41, 5.74) is 2.84. The van der Waals surface area contributed by atoms with Crippen LogP contribution in [0.2, 0.25) is 0 Å². The smallest absolute Gasteiger partial charge is 0.314 e. The molecule has 0 atom stereocenters. The molecule has 10 heteroatoms. The Hall–Kier alpha value is -4.44. The van der Waals surface area contributed by atoms with E-state index in [-0.39, 0.29) is 12.5 Å². The second-order valence-electron chi connectivity index (χ2n) is 7.08. The zero-order valence-electron chi connectivity index (χ0n) is 18.0. The first-order valence-electron chi connectivity index (χ1n) is 10.1. The lowest BCUT2D eigenvalue weighted by atomic mass is 10.1. The fraction of sp³-hybridized carbons (Fsp3) is 0.0833. The Kier molecular flexibility index (Phi) is 6.99. The molecule has 4 aromatic rings. The van der Waals surface area contributed by atoms with E-state index >= 15 is 0 Å². The number of rotatable bonds is 7. The summed E-state index contributed by atoms with van der Waals surface area (Å²) >= 11 is 1.44. The van der Waals surface area contributed by atoms with E-state index in [1.807, 2.05) is 11.4 Å². The number of ether oxygens (including phenoxy) is 1. The molecule has 0 aliphatic rings. The summed E-state index contributed by atoms with van der Waals surface area (Å²) in [7, 11) is 1.49. The number of anilines is 2. The average molecular weight is 477 g/mol. The molecule has 0 spiro atoms. The highest BCUT2D eigenvalue weighted by molar-refractivity contribution is 7.08. The van der Waals surface area contributed by atoms with Crippen molar-refractivity contribution < 1.29 is 23.5 Å². The lowest BCUT2D eigenvalue weighted by Crippen LogP contribution is -2.29. The fourth-order valence-corrected chi connectivity index (χ4v) is 3.77. The number of benzene rings is 2. The molecule has 0 fully saturated rings. The van der Waals surface area contributed by atoms with Crippen molar-refractivity contribution in [2.75, 3.05) is 17.7 Å². The summed E-state index contributed by atoms with van der Waals surface area (Å²) in [4.78, 5) is 40.8. The maximum absolute atomic E-state index is 12.4. The zero-order valence-corrected chi connectivity index (χ0v) is 18.8. The molecular weight excluding hydrogens is 456 g/mol. The first-order valence-corrected chi connectivity index (χ1v) is 11.1. The van der Waals surface area contributed by atoms with Crippen molar-refractivity contribution >= 4 is 40.4 Å². The van der Waals surface area contributed by atoms with Gasteiger partial charge in [0.05, 0.1) is 18.9 Å². The molecule has 3 N–H and O–H groups in total. The molecule has 2 heterocycles. The minimum absolute atomic E-state index is 0.181. The minimum atomic E-state index is -0.842. The third-order valence-corrected chi connectivity index (χ3v) is 5.47. The van der Waals surface area contributed by atoms with Gasteiger partial charge in [0.15, 0.2) is 12.2 Å². The van der Waals surface area contributed by atoms with E-state index in [1.165, 1.54) is 24.8 Å². The van der Waals surface area contributed by atoms with Gasteiger partial charge in [-0.1, -0.05) is 12.1 Å². The van der Waals surface area contributed by atoms with E-state index in [0.29, 0.717) is 34.0 Å². The molecule has 34 heavy (non-hydrogen) atoms. The Balaban J connectivity index is 1.36. The van der Waals surface area contributed by atoms with Crippen LogP contribution in [-0.2, 0) is 16.1 Å². The predicted molar refractivity (Wildman–Crippen MR) is 128 cm³/mol. The Morgan fingerprint density at radius 1 is 1.03 bits per heavy atom. The number of hydrogen-bond acceptors (Lipinski definition) is 7. The van der Waals surface area contributed by atoms with Crippen molar-refractivity contribution in [2.45, 2.75) is 6.54 Å². The van der Waals surface area contributed by atoms with Crippen LogP contribution >= 0.6 is 11.3 Å². The van der Waals surface area contributed by atoms with Crippen LogP contribution in [0.3, 0.4) is 0 Å². The number of carbonyl (C=O) groups excluding carboxylic acids is 3. The molecular formula is C24H20N4O5S. The molecule has 3 amide bonds. The van der Waals surface area contributed by atoms with E-state index in [0.717, 1.165) is 5.56 Å². The standard InChI is InChI=1S/C24H20N4O5S/c1-32-20-10-18(5-6-19(20)21-12-25-14-33-21)28-24(31)23(30)27-17-4-2-3-15(9-17)11-26-22(29)16-7-8-34-13-16/h2-10,12-14H,11H2,1H3,(H,26,29)(H,27,30)(H,28,31). The monoisotopic (exact) mass is 476 g/mol. The van der Waals surface area contributed by atoms with Crippen molar-refractivity contribution in [3.05, 3.63) is 83.0 Å². The van der Waals surface area contributed by atoms with Crippen LogP contribution in [0.4, 0.5) is 11.4 Å². The normalized spacial score (nSPS) is 10.4. The van der Waals surface area contributed by atoms with Gasteiger partial charge in [0, 0.05) is 34.9 Å². The van der Waals surface area contributed by atoms with Crippen molar-refractivity contribution in [3.63, 3.8) is 0 Å². The Morgan fingerprint density at radius 3 is 2.50 bits per heavy atom. The first kappa shape index (κ1) is 22.7. The molecule has 0 aliphatic heterocycles.